The highest BCUT2D eigenvalue weighted by Gasteiger charge is 2.44. The molecule has 0 spiro atoms. The number of nitrogens with one attached hydrogen (secondary N) is 2. The van der Waals surface area contributed by atoms with Gasteiger partial charge in [-0.3, -0.25) is 19.5 Å². The summed E-state index contributed by atoms with van der Waals surface area (Å²) in [5.74, 6) is 1.62. The SMILES string of the molecule is CCC1CN2CCC1C[C@H]2C(Nc1c(NCc2cc(C(F)(F)F)cc(C(F)(F)F)c2)c(=O)c1=O)c1ccnc2ccc(OC)cc12. The zero-order valence-electron chi connectivity index (χ0n) is 25.1. The first-order valence-electron chi connectivity index (χ1n) is 15.1. The molecule has 3 aliphatic heterocycles. The Balaban J connectivity index is 1.36. The molecule has 46 heavy (non-hydrogen) atoms. The number of alkyl halides is 6. The summed E-state index contributed by atoms with van der Waals surface area (Å²) in [6.07, 6.45) is -5.43. The number of hydrogen-bond donors (Lipinski definition) is 2. The largest absolute Gasteiger partial charge is 0.497 e. The smallest absolute Gasteiger partial charge is 0.416 e. The zero-order chi connectivity index (χ0) is 33.0. The number of nitrogens with zero attached hydrogens (tertiary/aromatic N) is 2. The molecule has 2 bridgehead atoms. The Bertz CT molecular complexity index is 1800. The Morgan fingerprint density at radius 2 is 1.67 bits per heavy atom. The predicted octanol–water partition coefficient (Wildman–Crippen LogP) is 6.76. The van der Waals surface area contributed by atoms with Gasteiger partial charge in [0.15, 0.2) is 0 Å². The van der Waals surface area contributed by atoms with Gasteiger partial charge in [0.05, 0.1) is 29.8 Å². The van der Waals surface area contributed by atoms with Gasteiger partial charge < -0.3 is 15.4 Å². The lowest BCUT2D eigenvalue weighted by Crippen LogP contribution is -2.56. The van der Waals surface area contributed by atoms with Crippen LogP contribution in [0.15, 0.2) is 58.3 Å². The highest BCUT2D eigenvalue weighted by atomic mass is 19.4. The minimum Gasteiger partial charge on any atom is -0.497 e. The number of methoxy groups -OCH3 is 1. The number of piperidine rings is 3. The molecular formula is C33H32F6N4O3. The van der Waals surface area contributed by atoms with Gasteiger partial charge in [0.25, 0.3) is 10.9 Å². The molecule has 4 heterocycles. The summed E-state index contributed by atoms with van der Waals surface area (Å²) in [5.41, 5.74) is -3.70. The summed E-state index contributed by atoms with van der Waals surface area (Å²) >= 11 is 0. The molecule has 3 saturated heterocycles. The standard InChI is InChI=1S/C33H32F6N4O3/c1-3-18-16-43-9-7-19(18)12-26(43)27(23-6-8-40-25-5-4-22(46-2)14-24(23)25)42-29-28(30(44)31(29)45)41-15-17-10-20(32(34,35)36)13-21(11-17)33(37,38)39/h4-6,8,10-11,13-14,18-19,26-27,41-42H,3,7,9,12,15-16H2,1-2H3/t18?,19?,26-,27?/m0/s1. The number of aromatic nitrogens is 1. The second kappa shape index (κ2) is 11.9. The van der Waals surface area contributed by atoms with Crippen molar-refractivity contribution < 1.29 is 31.1 Å². The molecule has 1 aromatic heterocycles. The maximum atomic E-state index is 13.4. The van der Waals surface area contributed by atoms with Crippen molar-refractivity contribution >= 4 is 22.3 Å². The third kappa shape index (κ3) is 5.92. The number of fused-ring (bicyclic) bond motifs is 4. The maximum Gasteiger partial charge on any atom is 0.416 e. The molecule has 2 N–H and O–H groups in total. The summed E-state index contributed by atoms with van der Waals surface area (Å²) in [6.45, 7) is 3.38. The number of pyridine rings is 1. The van der Waals surface area contributed by atoms with Crippen molar-refractivity contribution in [3.63, 3.8) is 0 Å². The minimum atomic E-state index is -5.01. The molecule has 3 fully saturated rings. The molecule has 3 aliphatic rings. The van der Waals surface area contributed by atoms with Crippen LogP contribution in [0.1, 0.15) is 54.5 Å². The van der Waals surface area contributed by atoms with Gasteiger partial charge in [0, 0.05) is 30.7 Å². The van der Waals surface area contributed by atoms with E-state index in [9.17, 15) is 35.9 Å². The van der Waals surface area contributed by atoms with Crippen molar-refractivity contribution in [3.05, 3.63) is 91.4 Å². The quantitative estimate of drug-likeness (QED) is 0.154. The minimum absolute atomic E-state index is 0.0444. The van der Waals surface area contributed by atoms with E-state index in [1.807, 2.05) is 18.2 Å². The summed E-state index contributed by atoms with van der Waals surface area (Å²) in [5, 5.41) is 6.74. The van der Waals surface area contributed by atoms with E-state index in [4.69, 9.17) is 4.74 Å². The highest BCUT2D eigenvalue weighted by Crippen LogP contribution is 2.44. The number of ether oxygens (including phenoxy) is 1. The zero-order valence-corrected chi connectivity index (χ0v) is 25.1. The van der Waals surface area contributed by atoms with Gasteiger partial charge >= 0.3 is 12.4 Å². The monoisotopic (exact) mass is 646 g/mol. The lowest BCUT2D eigenvalue weighted by atomic mass is 9.72. The highest BCUT2D eigenvalue weighted by molar-refractivity contribution is 5.85. The predicted molar refractivity (Wildman–Crippen MR) is 162 cm³/mol. The van der Waals surface area contributed by atoms with Crippen LogP contribution in [0.5, 0.6) is 5.75 Å². The second-order valence-electron chi connectivity index (χ2n) is 12.1. The lowest BCUT2D eigenvalue weighted by Gasteiger charge is -2.52. The fraction of sp³-hybridized carbons (Fsp3) is 0.424. The summed E-state index contributed by atoms with van der Waals surface area (Å²) in [7, 11) is 1.55. The molecule has 0 radical (unpaired) electrons. The van der Waals surface area contributed by atoms with Gasteiger partial charge in [-0.1, -0.05) is 13.3 Å². The normalized spacial score (nSPS) is 22.3. The van der Waals surface area contributed by atoms with E-state index in [0.717, 1.165) is 43.3 Å². The van der Waals surface area contributed by atoms with Crippen molar-refractivity contribution in [1.82, 2.24) is 9.88 Å². The van der Waals surface area contributed by atoms with Gasteiger partial charge in [-0.2, -0.15) is 26.3 Å². The molecule has 0 saturated carbocycles. The molecule has 0 aliphatic carbocycles. The summed E-state index contributed by atoms with van der Waals surface area (Å²) < 4.78 is 86.0. The third-order valence-corrected chi connectivity index (χ3v) is 9.49. The average molecular weight is 647 g/mol. The van der Waals surface area contributed by atoms with Gasteiger partial charge in [0.1, 0.15) is 17.1 Å². The van der Waals surface area contributed by atoms with Crippen LogP contribution < -0.4 is 26.2 Å². The van der Waals surface area contributed by atoms with Crippen LogP contribution in [-0.4, -0.2) is 36.1 Å². The fourth-order valence-corrected chi connectivity index (χ4v) is 7.08. The molecule has 7 rings (SSSR count). The van der Waals surface area contributed by atoms with Crippen molar-refractivity contribution in [2.24, 2.45) is 11.8 Å². The Labute approximate surface area is 260 Å². The number of hydrogen-bond acceptors (Lipinski definition) is 7. The third-order valence-electron chi connectivity index (χ3n) is 9.49. The van der Waals surface area contributed by atoms with Crippen molar-refractivity contribution in [1.29, 1.82) is 0 Å². The molecule has 4 aromatic rings. The van der Waals surface area contributed by atoms with E-state index >= 15 is 0 Å². The Hall–Kier alpha value is -4.13. The summed E-state index contributed by atoms with van der Waals surface area (Å²) in [4.78, 5) is 32.6. The van der Waals surface area contributed by atoms with Crippen LogP contribution in [-0.2, 0) is 18.9 Å². The molecule has 3 aromatic carbocycles. The van der Waals surface area contributed by atoms with Crippen LogP contribution in [0.4, 0.5) is 37.7 Å². The number of benzene rings is 2. The second-order valence-corrected chi connectivity index (χ2v) is 12.1. The van der Waals surface area contributed by atoms with E-state index in [-0.39, 0.29) is 29.0 Å². The van der Waals surface area contributed by atoms with Gasteiger partial charge in [-0.25, -0.2) is 0 Å². The van der Waals surface area contributed by atoms with Crippen molar-refractivity contribution in [2.75, 3.05) is 30.8 Å². The lowest BCUT2D eigenvalue weighted by molar-refractivity contribution is -0.143. The van der Waals surface area contributed by atoms with Gasteiger partial charge in [-0.05, 0) is 84.8 Å². The molecule has 13 heteroatoms. The van der Waals surface area contributed by atoms with E-state index in [2.05, 4.69) is 27.4 Å². The van der Waals surface area contributed by atoms with Crippen molar-refractivity contribution in [2.45, 2.75) is 57.2 Å². The number of rotatable bonds is 9. The molecule has 5 atom stereocenters. The first-order chi connectivity index (χ1) is 21.8. The molecule has 244 valence electrons. The van der Waals surface area contributed by atoms with E-state index in [1.165, 1.54) is 0 Å². The molecule has 4 unspecified atom stereocenters. The van der Waals surface area contributed by atoms with Crippen LogP contribution in [0, 0.1) is 11.8 Å². The molecular weight excluding hydrogens is 614 g/mol. The van der Waals surface area contributed by atoms with E-state index < -0.39 is 46.9 Å². The first-order valence-corrected chi connectivity index (χ1v) is 15.1. The Morgan fingerprint density at radius 1 is 0.978 bits per heavy atom. The van der Waals surface area contributed by atoms with Gasteiger partial charge in [0.2, 0.25) is 0 Å². The Kier molecular flexibility index (Phi) is 8.24. The molecule has 7 nitrogen and oxygen atoms in total. The number of anilines is 2. The van der Waals surface area contributed by atoms with Crippen molar-refractivity contribution in [3.8, 4) is 5.75 Å². The first kappa shape index (κ1) is 31.8. The van der Waals surface area contributed by atoms with E-state index in [0.29, 0.717) is 35.2 Å². The van der Waals surface area contributed by atoms with Crippen LogP contribution in [0.25, 0.3) is 10.9 Å². The van der Waals surface area contributed by atoms with Crippen LogP contribution in [0.3, 0.4) is 0 Å². The summed E-state index contributed by atoms with van der Waals surface area (Å²) in [6, 6.07) is 7.99. The number of halogens is 6. The van der Waals surface area contributed by atoms with Crippen LogP contribution >= 0.6 is 0 Å². The Morgan fingerprint density at radius 3 is 2.28 bits per heavy atom. The fourth-order valence-electron chi connectivity index (χ4n) is 7.08. The average Bonchev–Trinajstić information content (AvgIpc) is 3.04. The van der Waals surface area contributed by atoms with E-state index in [1.54, 1.807) is 19.4 Å². The van der Waals surface area contributed by atoms with Gasteiger partial charge in [-0.15, -0.1) is 0 Å². The molecule has 0 amide bonds. The topological polar surface area (TPSA) is 83.6 Å². The maximum absolute atomic E-state index is 13.4. The van der Waals surface area contributed by atoms with Crippen LogP contribution in [0.2, 0.25) is 0 Å².